The summed E-state index contributed by atoms with van der Waals surface area (Å²) in [6.07, 6.45) is -0.217. The molecule has 0 aliphatic rings. The molecule has 1 N–H and O–H groups in total. The van der Waals surface area contributed by atoms with Gasteiger partial charge in [-0.2, -0.15) is 0 Å². The van der Waals surface area contributed by atoms with Crippen molar-refractivity contribution >= 4 is 5.69 Å². The molecule has 88 valence electrons. The van der Waals surface area contributed by atoms with Gasteiger partial charge in [-0.3, -0.25) is 10.3 Å². The van der Waals surface area contributed by atoms with Crippen LogP contribution in [0, 0.1) is 5.82 Å². The summed E-state index contributed by atoms with van der Waals surface area (Å²) < 4.78 is 13.0. The maximum Gasteiger partial charge on any atom is 0.123 e. The Balaban J connectivity index is 1.96. The van der Waals surface area contributed by atoms with Crippen LogP contribution in [-0.2, 0) is 4.84 Å². The van der Waals surface area contributed by atoms with Gasteiger partial charge in [0.2, 0.25) is 0 Å². The molecule has 2 aromatic rings. The minimum atomic E-state index is -0.252. The van der Waals surface area contributed by atoms with Crippen LogP contribution >= 0.6 is 0 Å². The Hall–Kier alpha value is -1.87. The monoisotopic (exact) mass is 231 g/mol. The van der Waals surface area contributed by atoms with E-state index in [0.717, 1.165) is 11.3 Å². The first kappa shape index (κ1) is 11.6. The number of hydrogen-bond donors (Lipinski definition) is 1. The lowest BCUT2D eigenvalue weighted by Crippen LogP contribution is -2.06. The second-order valence-corrected chi connectivity index (χ2v) is 3.78. The van der Waals surface area contributed by atoms with E-state index in [2.05, 4.69) is 5.48 Å². The van der Waals surface area contributed by atoms with Crippen LogP contribution in [-0.4, -0.2) is 0 Å². The summed E-state index contributed by atoms with van der Waals surface area (Å²) in [6, 6.07) is 16.0. The lowest BCUT2D eigenvalue weighted by atomic mass is 10.1. The van der Waals surface area contributed by atoms with Gasteiger partial charge in [-0.25, -0.2) is 4.39 Å². The standard InChI is InChI=1S/C14H14FNO/c1-11(12-6-5-7-13(15)10-12)17-16-14-8-3-2-4-9-14/h2-11,16H,1H3. The van der Waals surface area contributed by atoms with Crippen LogP contribution in [0.2, 0.25) is 0 Å². The average Bonchev–Trinajstić information content (AvgIpc) is 2.37. The molecule has 0 spiro atoms. The van der Waals surface area contributed by atoms with Gasteiger partial charge in [-0.15, -0.1) is 0 Å². The van der Waals surface area contributed by atoms with Crippen molar-refractivity contribution in [2.45, 2.75) is 13.0 Å². The number of rotatable bonds is 4. The molecule has 0 aromatic heterocycles. The van der Waals surface area contributed by atoms with Crippen LogP contribution in [0.1, 0.15) is 18.6 Å². The van der Waals surface area contributed by atoms with Crippen molar-refractivity contribution in [1.82, 2.24) is 0 Å². The predicted molar refractivity (Wildman–Crippen MR) is 66.0 cm³/mol. The largest absolute Gasteiger partial charge is 0.268 e. The van der Waals surface area contributed by atoms with E-state index in [9.17, 15) is 4.39 Å². The van der Waals surface area contributed by atoms with Crippen LogP contribution in [0.4, 0.5) is 10.1 Å². The van der Waals surface area contributed by atoms with Gasteiger partial charge in [-0.1, -0.05) is 30.3 Å². The highest BCUT2D eigenvalue weighted by Crippen LogP contribution is 2.18. The number of para-hydroxylation sites is 1. The van der Waals surface area contributed by atoms with Gasteiger partial charge in [0.15, 0.2) is 0 Å². The number of hydrogen-bond acceptors (Lipinski definition) is 2. The molecule has 2 nitrogen and oxygen atoms in total. The first-order valence-electron chi connectivity index (χ1n) is 5.48. The molecule has 3 heteroatoms. The topological polar surface area (TPSA) is 21.3 Å². The van der Waals surface area contributed by atoms with E-state index in [-0.39, 0.29) is 11.9 Å². The lowest BCUT2D eigenvalue weighted by Gasteiger charge is -2.14. The number of benzene rings is 2. The molecular weight excluding hydrogens is 217 g/mol. The third-order valence-electron chi connectivity index (χ3n) is 2.45. The van der Waals surface area contributed by atoms with Gasteiger partial charge in [0, 0.05) is 0 Å². The Morgan fingerprint density at radius 1 is 1.06 bits per heavy atom. The molecule has 17 heavy (non-hydrogen) atoms. The number of halogens is 1. The molecule has 0 fully saturated rings. The quantitative estimate of drug-likeness (QED) is 0.805. The molecule has 2 rings (SSSR count). The summed E-state index contributed by atoms with van der Waals surface area (Å²) in [6.45, 7) is 1.87. The Morgan fingerprint density at radius 2 is 1.82 bits per heavy atom. The zero-order chi connectivity index (χ0) is 12.1. The molecule has 0 radical (unpaired) electrons. The van der Waals surface area contributed by atoms with E-state index in [1.165, 1.54) is 12.1 Å². The van der Waals surface area contributed by atoms with E-state index >= 15 is 0 Å². The fourth-order valence-corrected chi connectivity index (χ4v) is 1.49. The molecule has 1 unspecified atom stereocenters. The van der Waals surface area contributed by atoms with Crippen molar-refractivity contribution < 1.29 is 9.23 Å². The summed E-state index contributed by atoms with van der Waals surface area (Å²) >= 11 is 0. The van der Waals surface area contributed by atoms with Crippen LogP contribution < -0.4 is 5.48 Å². The minimum absolute atomic E-state index is 0.217. The average molecular weight is 231 g/mol. The Labute approximate surface area is 100 Å². The van der Waals surface area contributed by atoms with Crippen LogP contribution in [0.25, 0.3) is 0 Å². The Kier molecular flexibility index (Phi) is 3.73. The lowest BCUT2D eigenvalue weighted by molar-refractivity contribution is 0.116. The molecule has 0 bridgehead atoms. The van der Waals surface area contributed by atoms with Crippen molar-refractivity contribution in [3.63, 3.8) is 0 Å². The zero-order valence-electron chi connectivity index (χ0n) is 9.56. The van der Waals surface area contributed by atoms with E-state index in [0.29, 0.717) is 0 Å². The SMILES string of the molecule is CC(ONc1ccccc1)c1cccc(F)c1. The Bertz CT molecular complexity index is 473. The molecule has 0 amide bonds. The molecule has 2 aromatic carbocycles. The number of anilines is 1. The molecular formula is C14H14FNO. The number of nitrogens with one attached hydrogen (secondary N) is 1. The molecule has 1 atom stereocenters. The maximum absolute atomic E-state index is 13.0. The van der Waals surface area contributed by atoms with Crippen molar-refractivity contribution in [3.05, 3.63) is 66.0 Å². The van der Waals surface area contributed by atoms with Gasteiger partial charge in [0.25, 0.3) is 0 Å². The molecule has 0 saturated carbocycles. The van der Waals surface area contributed by atoms with Crippen molar-refractivity contribution in [2.24, 2.45) is 0 Å². The fraction of sp³-hybridized carbons (Fsp3) is 0.143. The van der Waals surface area contributed by atoms with Crippen LogP contribution in [0.15, 0.2) is 54.6 Å². The second-order valence-electron chi connectivity index (χ2n) is 3.78. The first-order valence-corrected chi connectivity index (χ1v) is 5.48. The van der Waals surface area contributed by atoms with Crippen molar-refractivity contribution in [3.8, 4) is 0 Å². The maximum atomic E-state index is 13.0. The van der Waals surface area contributed by atoms with Gasteiger partial charge in [0.1, 0.15) is 11.9 Å². The third kappa shape index (κ3) is 3.29. The van der Waals surface area contributed by atoms with Gasteiger partial charge < -0.3 is 0 Å². The highest BCUT2D eigenvalue weighted by atomic mass is 19.1. The summed E-state index contributed by atoms with van der Waals surface area (Å²) in [7, 11) is 0. The highest BCUT2D eigenvalue weighted by Gasteiger charge is 2.06. The Morgan fingerprint density at radius 3 is 2.53 bits per heavy atom. The fourth-order valence-electron chi connectivity index (χ4n) is 1.49. The second kappa shape index (κ2) is 5.46. The van der Waals surface area contributed by atoms with Gasteiger partial charge in [0.05, 0.1) is 5.69 Å². The van der Waals surface area contributed by atoms with E-state index in [4.69, 9.17) is 4.84 Å². The summed E-state index contributed by atoms with van der Waals surface area (Å²) in [5.74, 6) is -0.252. The molecule has 0 aliphatic heterocycles. The molecule has 0 heterocycles. The zero-order valence-corrected chi connectivity index (χ0v) is 9.56. The minimum Gasteiger partial charge on any atom is -0.268 e. The van der Waals surface area contributed by atoms with E-state index in [1.807, 2.05) is 43.3 Å². The van der Waals surface area contributed by atoms with Gasteiger partial charge in [-0.05, 0) is 36.8 Å². The van der Waals surface area contributed by atoms with E-state index < -0.39 is 0 Å². The normalized spacial score (nSPS) is 12.1. The van der Waals surface area contributed by atoms with Crippen LogP contribution in [0.3, 0.4) is 0 Å². The first-order chi connectivity index (χ1) is 8.25. The predicted octanol–water partition coefficient (Wildman–Crippen LogP) is 3.93. The van der Waals surface area contributed by atoms with Crippen LogP contribution in [0.5, 0.6) is 0 Å². The summed E-state index contributed by atoms with van der Waals surface area (Å²) in [5, 5.41) is 0. The summed E-state index contributed by atoms with van der Waals surface area (Å²) in [5.41, 5.74) is 4.51. The van der Waals surface area contributed by atoms with Gasteiger partial charge >= 0.3 is 0 Å². The molecule has 0 saturated heterocycles. The highest BCUT2D eigenvalue weighted by molar-refractivity contribution is 5.40. The molecule has 0 aliphatic carbocycles. The van der Waals surface area contributed by atoms with Crippen molar-refractivity contribution in [1.29, 1.82) is 0 Å². The third-order valence-corrected chi connectivity index (χ3v) is 2.45. The van der Waals surface area contributed by atoms with Crippen molar-refractivity contribution in [2.75, 3.05) is 5.48 Å². The van der Waals surface area contributed by atoms with E-state index in [1.54, 1.807) is 6.07 Å². The summed E-state index contributed by atoms with van der Waals surface area (Å²) in [4.78, 5) is 5.45. The smallest absolute Gasteiger partial charge is 0.123 e.